The Morgan fingerprint density at radius 3 is 2.83 bits per heavy atom. The van der Waals surface area contributed by atoms with Crippen LogP contribution in [0.25, 0.3) is 0 Å². The topological polar surface area (TPSA) is 63.6 Å². The molecule has 0 saturated carbocycles. The molecule has 5 nitrogen and oxygen atoms in total. The summed E-state index contributed by atoms with van der Waals surface area (Å²) in [5.74, 6) is 1.89. The molecule has 2 aromatic rings. The fourth-order valence-corrected chi connectivity index (χ4v) is 1.79. The molecule has 0 saturated heterocycles. The maximum Gasteiger partial charge on any atom is 0.134 e. The van der Waals surface area contributed by atoms with E-state index in [4.69, 9.17) is 0 Å². The summed E-state index contributed by atoms with van der Waals surface area (Å²) in [6, 6.07) is 5.63. The Hall–Kier alpha value is -1.56. The van der Waals surface area contributed by atoms with Gasteiger partial charge in [-0.25, -0.2) is 9.97 Å². The van der Waals surface area contributed by atoms with E-state index in [1.807, 2.05) is 18.2 Å². The molecular formula is C12H14BrN5. The predicted molar refractivity (Wildman–Crippen MR) is 73.2 cm³/mol. The van der Waals surface area contributed by atoms with Crippen molar-refractivity contribution in [2.75, 3.05) is 5.32 Å². The van der Waals surface area contributed by atoms with Crippen LogP contribution in [0.3, 0.4) is 0 Å². The van der Waals surface area contributed by atoms with Gasteiger partial charge in [-0.1, -0.05) is 13.8 Å². The second-order valence-electron chi connectivity index (χ2n) is 4.16. The quantitative estimate of drug-likeness (QED) is 0.880. The van der Waals surface area contributed by atoms with E-state index >= 15 is 0 Å². The number of nitrogens with one attached hydrogen (secondary N) is 1. The van der Waals surface area contributed by atoms with Crippen molar-refractivity contribution in [1.82, 2.24) is 20.2 Å². The largest absolute Gasteiger partial charge is 0.364 e. The van der Waals surface area contributed by atoms with Crippen molar-refractivity contribution in [2.24, 2.45) is 0 Å². The number of halogens is 1. The summed E-state index contributed by atoms with van der Waals surface area (Å²) in [6.07, 6.45) is 1.65. The third kappa shape index (κ3) is 3.46. The van der Waals surface area contributed by atoms with Crippen LogP contribution >= 0.6 is 15.9 Å². The van der Waals surface area contributed by atoms with Gasteiger partial charge in [0.2, 0.25) is 0 Å². The molecule has 94 valence electrons. The Labute approximate surface area is 114 Å². The van der Waals surface area contributed by atoms with E-state index in [0.29, 0.717) is 12.5 Å². The number of nitrogens with zero attached hydrogens (tertiary/aromatic N) is 4. The first-order valence-electron chi connectivity index (χ1n) is 5.70. The molecule has 0 bridgehead atoms. The molecule has 0 radical (unpaired) electrons. The van der Waals surface area contributed by atoms with Crippen LogP contribution in [0.2, 0.25) is 0 Å². The lowest BCUT2D eigenvalue weighted by Gasteiger charge is -2.09. The van der Waals surface area contributed by atoms with Crippen molar-refractivity contribution in [3.63, 3.8) is 0 Å². The minimum Gasteiger partial charge on any atom is -0.364 e. The number of hydrogen-bond donors (Lipinski definition) is 1. The molecule has 0 aliphatic rings. The van der Waals surface area contributed by atoms with Gasteiger partial charge in [-0.05, 0) is 28.1 Å². The second-order valence-corrected chi connectivity index (χ2v) is 4.97. The molecule has 6 heteroatoms. The first kappa shape index (κ1) is 12.9. The van der Waals surface area contributed by atoms with Gasteiger partial charge >= 0.3 is 0 Å². The lowest BCUT2D eigenvalue weighted by Crippen LogP contribution is -2.07. The number of rotatable bonds is 4. The molecule has 1 N–H and O–H groups in total. The van der Waals surface area contributed by atoms with Crippen molar-refractivity contribution in [3.8, 4) is 0 Å². The molecule has 2 rings (SSSR count). The van der Waals surface area contributed by atoms with Crippen LogP contribution in [0.5, 0.6) is 0 Å². The Morgan fingerprint density at radius 2 is 2.17 bits per heavy atom. The van der Waals surface area contributed by atoms with Crippen LogP contribution in [0.1, 0.15) is 31.3 Å². The molecule has 18 heavy (non-hydrogen) atoms. The van der Waals surface area contributed by atoms with Gasteiger partial charge in [-0.2, -0.15) is 10.2 Å². The minimum atomic E-state index is 0.291. The van der Waals surface area contributed by atoms with E-state index in [2.05, 4.69) is 55.3 Å². The van der Waals surface area contributed by atoms with Crippen LogP contribution in [-0.4, -0.2) is 20.2 Å². The first-order valence-corrected chi connectivity index (χ1v) is 6.49. The van der Waals surface area contributed by atoms with E-state index in [1.165, 1.54) is 0 Å². The molecular weight excluding hydrogens is 294 g/mol. The lowest BCUT2D eigenvalue weighted by molar-refractivity contribution is 0.768. The van der Waals surface area contributed by atoms with E-state index in [9.17, 15) is 0 Å². The Balaban J connectivity index is 2.10. The molecule has 0 aromatic carbocycles. The fourth-order valence-electron chi connectivity index (χ4n) is 1.39. The monoisotopic (exact) mass is 307 g/mol. The van der Waals surface area contributed by atoms with E-state index in [-0.39, 0.29) is 0 Å². The Kier molecular flexibility index (Phi) is 4.19. The third-order valence-electron chi connectivity index (χ3n) is 2.31. The van der Waals surface area contributed by atoms with E-state index < -0.39 is 0 Å². The van der Waals surface area contributed by atoms with Crippen LogP contribution in [-0.2, 0) is 6.54 Å². The van der Waals surface area contributed by atoms with E-state index in [0.717, 1.165) is 21.9 Å². The van der Waals surface area contributed by atoms with Crippen LogP contribution < -0.4 is 5.32 Å². The standard InChI is InChI=1S/C12H14BrN5/c1-8(2)12-16-10(13)6-11(17-12)14-7-9-4-3-5-15-18-9/h3-6,8H,7H2,1-2H3,(H,14,16,17). The van der Waals surface area contributed by atoms with Crippen molar-refractivity contribution < 1.29 is 0 Å². The Bertz CT molecular complexity index is 515. The maximum absolute atomic E-state index is 4.45. The summed E-state index contributed by atoms with van der Waals surface area (Å²) < 4.78 is 0.780. The molecule has 0 amide bonds. The SMILES string of the molecule is CC(C)c1nc(Br)cc(NCc2cccnn2)n1. The van der Waals surface area contributed by atoms with Gasteiger partial charge in [0, 0.05) is 18.2 Å². The maximum atomic E-state index is 4.45. The zero-order chi connectivity index (χ0) is 13.0. The highest BCUT2D eigenvalue weighted by Crippen LogP contribution is 2.17. The van der Waals surface area contributed by atoms with Crippen LogP contribution in [0.4, 0.5) is 5.82 Å². The summed E-state index contributed by atoms with van der Waals surface area (Å²) >= 11 is 3.39. The third-order valence-corrected chi connectivity index (χ3v) is 2.71. The van der Waals surface area contributed by atoms with Crippen LogP contribution in [0.15, 0.2) is 29.0 Å². The van der Waals surface area contributed by atoms with Gasteiger partial charge in [0.15, 0.2) is 0 Å². The van der Waals surface area contributed by atoms with Crippen LogP contribution in [0, 0.1) is 0 Å². The molecule has 0 fully saturated rings. The molecule has 0 atom stereocenters. The highest BCUT2D eigenvalue weighted by atomic mass is 79.9. The number of aromatic nitrogens is 4. The van der Waals surface area contributed by atoms with Gasteiger partial charge in [0.1, 0.15) is 16.2 Å². The number of hydrogen-bond acceptors (Lipinski definition) is 5. The highest BCUT2D eigenvalue weighted by Gasteiger charge is 2.06. The zero-order valence-corrected chi connectivity index (χ0v) is 11.8. The Morgan fingerprint density at radius 1 is 1.33 bits per heavy atom. The lowest BCUT2D eigenvalue weighted by atomic mass is 10.2. The molecule has 0 spiro atoms. The molecule has 2 heterocycles. The van der Waals surface area contributed by atoms with Gasteiger partial charge in [0.25, 0.3) is 0 Å². The van der Waals surface area contributed by atoms with Gasteiger partial charge in [-0.3, -0.25) is 0 Å². The van der Waals surface area contributed by atoms with Crippen molar-refractivity contribution >= 4 is 21.7 Å². The molecule has 0 aliphatic heterocycles. The summed E-state index contributed by atoms with van der Waals surface area (Å²) in [6.45, 7) is 4.72. The van der Waals surface area contributed by atoms with Gasteiger partial charge in [-0.15, -0.1) is 0 Å². The van der Waals surface area contributed by atoms with Crippen molar-refractivity contribution in [3.05, 3.63) is 40.5 Å². The van der Waals surface area contributed by atoms with Crippen molar-refractivity contribution in [2.45, 2.75) is 26.3 Å². The average molecular weight is 308 g/mol. The first-order chi connectivity index (χ1) is 8.65. The number of anilines is 1. The zero-order valence-electron chi connectivity index (χ0n) is 10.3. The van der Waals surface area contributed by atoms with E-state index in [1.54, 1.807) is 6.20 Å². The second kappa shape index (κ2) is 5.86. The summed E-state index contributed by atoms with van der Waals surface area (Å²) in [7, 11) is 0. The van der Waals surface area contributed by atoms with Gasteiger partial charge < -0.3 is 5.32 Å². The summed E-state index contributed by atoms with van der Waals surface area (Å²) in [5.41, 5.74) is 0.873. The normalized spacial score (nSPS) is 10.7. The molecule has 2 aromatic heterocycles. The fraction of sp³-hybridized carbons (Fsp3) is 0.333. The minimum absolute atomic E-state index is 0.291. The van der Waals surface area contributed by atoms with Crippen molar-refractivity contribution in [1.29, 1.82) is 0 Å². The molecule has 0 unspecified atom stereocenters. The highest BCUT2D eigenvalue weighted by molar-refractivity contribution is 9.10. The predicted octanol–water partition coefficient (Wildman–Crippen LogP) is 2.76. The summed E-state index contributed by atoms with van der Waals surface area (Å²) in [5, 5.41) is 11.0. The summed E-state index contributed by atoms with van der Waals surface area (Å²) in [4.78, 5) is 8.77. The molecule has 0 aliphatic carbocycles. The van der Waals surface area contributed by atoms with Gasteiger partial charge in [0.05, 0.1) is 12.2 Å². The average Bonchev–Trinajstić information content (AvgIpc) is 2.37. The smallest absolute Gasteiger partial charge is 0.134 e.